The lowest BCUT2D eigenvalue weighted by Crippen LogP contribution is -2.52. The minimum atomic E-state index is -0.214. The van der Waals surface area contributed by atoms with Gasteiger partial charge in [-0.05, 0) is 42.8 Å². The van der Waals surface area contributed by atoms with Crippen LogP contribution in [0.25, 0.3) is 0 Å². The number of amides is 1. The van der Waals surface area contributed by atoms with Gasteiger partial charge in [0.05, 0.1) is 5.69 Å². The van der Waals surface area contributed by atoms with E-state index in [1.165, 1.54) is 12.1 Å². The molecule has 1 N–H and O–H groups in total. The lowest BCUT2D eigenvalue weighted by Gasteiger charge is -2.37. The summed E-state index contributed by atoms with van der Waals surface area (Å²) in [5.41, 5.74) is 1.87. The Kier molecular flexibility index (Phi) is 8.54. The number of anilines is 2. The molecule has 2 aliphatic heterocycles. The number of nitrogens with one attached hydrogen (secondary N) is 1. The monoisotopic (exact) mass is 553 g/mol. The van der Waals surface area contributed by atoms with Crippen LogP contribution in [0.5, 0.6) is 5.75 Å². The fourth-order valence-corrected chi connectivity index (χ4v) is 4.00. The van der Waals surface area contributed by atoms with Crippen LogP contribution >= 0.6 is 24.0 Å². The maximum atomic E-state index is 13.2. The van der Waals surface area contributed by atoms with Gasteiger partial charge in [0.1, 0.15) is 11.6 Å². The Balaban J connectivity index is 0.00000289. The quantitative estimate of drug-likeness (QED) is 0.267. The van der Waals surface area contributed by atoms with E-state index < -0.39 is 0 Å². The molecule has 0 bridgehead atoms. The Morgan fingerprint density at radius 3 is 2.53 bits per heavy atom. The molecule has 0 aromatic heterocycles. The predicted octanol–water partition coefficient (Wildman–Crippen LogP) is 2.96. The minimum Gasteiger partial charge on any atom is -0.482 e. The molecule has 0 radical (unpaired) electrons. The molecule has 7 nitrogen and oxygen atoms in total. The van der Waals surface area contributed by atoms with Gasteiger partial charge in [-0.1, -0.05) is 12.1 Å². The average Bonchev–Trinajstić information content (AvgIpc) is 2.81. The molecule has 172 valence electrons. The van der Waals surface area contributed by atoms with Crippen LogP contribution in [0.2, 0.25) is 0 Å². The van der Waals surface area contributed by atoms with Crippen LogP contribution in [0.15, 0.2) is 53.5 Å². The molecule has 9 heteroatoms. The molecule has 4 rings (SSSR count). The van der Waals surface area contributed by atoms with E-state index in [-0.39, 0.29) is 42.3 Å². The molecule has 2 heterocycles. The number of rotatable bonds is 5. The average molecular weight is 553 g/mol. The van der Waals surface area contributed by atoms with E-state index in [2.05, 4.69) is 20.1 Å². The van der Waals surface area contributed by atoms with Gasteiger partial charge in [0.25, 0.3) is 5.91 Å². The molecule has 2 aliphatic rings. The molecule has 1 saturated heterocycles. The number of guanidine groups is 1. The first-order chi connectivity index (χ1) is 15.2. The first kappa shape index (κ1) is 24.1. The molecular formula is C23H29FIN5O2. The topological polar surface area (TPSA) is 60.4 Å². The van der Waals surface area contributed by atoms with Crippen LogP contribution in [0, 0.1) is 5.82 Å². The highest BCUT2D eigenvalue weighted by molar-refractivity contribution is 14.0. The van der Waals surface area contributed by atoms with Gasteiger partial charge in [-0.25, -0.2) is 4.39 Å². The Morgan fingerprint density at radius 1 is 1.09 bits per heavy atom. The number of nitrogens with zero attached hydrogens (tertiary/aromatic N) is 4. The van der Waals surface area contributed by atoms with E-state index in [4.69, 9.17) is 4.74 Å². The summed E-state index contributed by atoms with van der Waals surface area (Å²) < 4.78 is 18.6. The zero-order valence-corrected chi connectivity index (χ0v) is 20.5. The molecule has 0 aliphatic carbocycles. The van der Waals surface area contributed by atoms with Crippen molar-refractivity contribution in [3.05, 3.63) is 54.3 Å². The van der Waals surface area contributed by atoms with Crippen molar-refractivity contribution >= 4 is 47.2 Å². The summed E-state index contributed by atoms with van der Waals surface area (Å²) in [6.45, 7) is 4.82. The number of carbonyl (C=O) groups excluding carboxylic acids is 1. The maximum absolute atomic E-state index is 13.2. The van der Waals surface area contributed by atoms with Crippen molar-refractivity contribution in [3.63, 3.8) is 0 Å². The van der Waals surface area contributed by atoms with E-state index in [9.17, 15) is 9.18 Å². The van der Waals surface area contributed by atoms with E-state index in [1.807, 2.05) is 36.4 Å². The van der Waals surface area contributed by atoms with Crippen LogP contribution in [0.4, 0.5) is 15.8 Å². The van der Waals surface area contributed by atoms with Crippen LogP contribution in [-0.2, 0) is 4.79 Å². The fraction of sp³-hybridized carbons (Fsp3) is 0.391. The molecule has 0 spiro atoms. The van der Waals surface area contributed by atoms with Gasteiger partial charge >= 0.3 is 0 Å². The van der Waals surface area contributed by atoms with Crippen molar-refractivity contribution in [1.29, 1.82) is 0 Å². The maximum Gasteiger partial charge on any atom is 0.265 e. The zero-order chi connectivity index (χ0) is 21.6. The highest BCUT2D eigenvalue weighted by Crippen LogP contribution is 2.31. The Bertz CT molecular complexity index is 932. The SMILES string of the molecule is CN=C(NCCCN1C(=O)COc2ccccc21)N1CCN(c2ccc(F)cc2)CC1.I. The summed E-state index contributed by atoms with van der Waals surface area (Å²) in [4.78, 5) is 23.0. The molecule has 1 amide bonds. The molecular weight excluding hydrogens is 524 g/mol. The molecule has 0 saturated carbocycles. The molecule has 0 atom stereocenters. The molecule has 32 heavy (non-hydrogen) atoms. The normalized spacial score (nSPS) is 16.2. The Labute approximate surface area is 205 Å². The van der Waals surface area contributed by atoms with Crippen molar-refractivity contribution in [2.75, 3.05) is 62.7 Å². The Hall–Kier alpha value is -2.56. The van der Waals surface area contributed by atoms with Gasteiger partial charge in [0.2, 0.25) is 0 Å². The number of ether oxygens (including phenoxy) is 1. The summed E-state index contributed by atoms with van der Waals surface area (Å²) in [6, 6.07) is 14.3. The zero-order valence-electron chi connectivity index (χ0n) is 18.2. The van der Waals surface area contributed by atoms with Crippen LogP contribution in [-0.4, -0.2) is 69.7 Å². The number of hydrogen-bond donors (Lipinski definition) is 1. The second kappa shape index (κ2) is 11.3. The summed E-state index contributed by atoms with van der Waals surface area (Å²) >= 11 is 0. The highest BCUT2D eigenvalue weighted by Gasteiger charge is 2.25. The lowest BCUT2D eigenvalue weighted by molar-refractivity contribution is -0.121. The number of benzene rings is 2. The van der Waals surface area contributed by atoms with Gasteiger partial charge < -0.3 is 24.8 Å². The smallest absolute Gasteiger partial charge is 0.265 e. The van der Waals surface area contributed by atoms with Crippen LogP contribution < -0.4 is 19.9 Å². The third kappa shape index (κ3) is 5.62. The highest BCUT2D eigenvalue weighted by atomic mass is 127. The summed E-state index contributed by atoms with van der Waals surface area (Å²) in [5.74, 6) is 1.40. The standard InChI is InChI=1S/C23H28FN5O2.HI/c1-25-23(28-15-13-27(14-16-28)19-9-7-18(24)8-10-19)26-11-4-12-29-20-5-2-3-6-21(20)31-17-22(29)30;/h2-3,5-10H,4,11-17H2,1H3,(H,25,26);1H. The van der Waals surface area contributed by atoms with Crippen molar-refractivity contribution in [1.82, 2.24) is 10.2 Å². The minimum absolute atomic E-state index is 0. The van der Waals surface area contributed by atoms with Gasteiger partial charge in [0.15, 0.2) is 12.6 Å². The van der Waals surface area contributed by atoms with Crippen molar-refractivity contribution in [3.8, 4) is 5.75 Å². The summed E-state index contributed by atoms with van der Waals surface area (Å²) in [5, 5.41) is 3.42. The molecule has 2 aromatic rings. The largest absolute Gasteiger partial charge is 0.482 e. The van der Waals surface area contributed by atoms with Crippen LogP contribution in [0.1, 0.15) is 6.42 Å². The number of halogens is 2. The van der Waals surface area contributed by atoms with Gasteiger partial charge in [-0.15, -0.1) is 24.0 Å². The fourth-order valence-electron chi connectivity index (χ4n) is 4.00. The van der Waals surface area contributed by atoms with Gasteiger partial charge in [-0.3, -0.25) is 9.79 Å². The van der Waals surface area contributed by atoms with Crippen molar-refractivity contribution < 1.29 is 13.9 Å². The van der Waals surface area contributed by atoms with Gasteiger partial charge in [0, 0.05) is 52.0 Å². The number of piperazine rings is 1. The summed E-state index contributed by atoms with van der Waals surface area (Å²) in [6.07, 6.45) is 0.800. The third-order valence-electron chi connectivity index (χ3n) is 5.63. The van der Waals surface area contributed by atoms with E-state index >= 15 is 0 Å². The predicted molar refractivity (Wildman–Crippen MR) is 136 cm³/mol. The number of hydrogen-bond acceptors (Lipinski definition) is 4. The summed E-state index contributed by atoms with van der Waals surface area (Å²) in [7, 11) is 1.79. The van der Waals surface area contributed by atoms with E-state index in [1.54, 1.807) is 11.9 Å². The van der Waals surface area contributed by atoms with Gasteiger partial charge in [-0.2, -0.15) is 0 Å². The van der Waals surface area contributed by atoms with Crippen LogP contribution in [0.3, 0.4) is 0 Å². The third-order valence-corrected chi connectivity index (χ3v) is 5.63. The number of aliphatic imine (C=N–C) groups is 1. The second-order valence-corrected chi connectivity index (χ2v) is 7.58. The first-order valence-corrected chi connectivity index (χ1v) is 10.6. The number of carbonyl (C=O) groups is 1. The lowest BCUT2D eigenvalue weighted by atomic mass is 10.2. The number of fused-ring (bicyclic) bond motifs is 1. The van der Waals surface area contributed by atoms with Crippen molar-refractivity contribution in [2.24, 2.45) is 4.99 Å². The molecule has 2 aromatic carbocycles. The second-order valence-electron chi connectivity index (χ2n) is 7.58. The first-order valence-electron chi connectivity index (χ1n) is 10.6. The molecule has 0 unspecified atom stereocenters. The van der Waals surface area contributed by atoms with E-state index in [0.29, 0.717) is 6.54 Å². The van der Waals surface area contributed by atoms with Crippen molar-refractivity contribution in [2.45, 2.75) is 6.42 Å². The van der Waals surface area contributed by atoms with E-state index in [0.717, 1.165) is 62.2 Å². The Morgan fingerprint density at radius 2 is 1.81 bits per heavy atom. The number of para-hydroxylation sites is 2. The molecule has 1 fully saturated rings.